The Labute approximate surface area is 139 Å². The molecule has 0 fully saturated rings. The van der Waals surface area contributed by atoms with Crippen LogP contribution in [-0.4, -0.2) is 22.5 Å². The number of H-pyrrole nitrogens is 1. The standard InChI is InChI=1S/C19H19FN2O2/c1-12-8-15(20)9-17-16(12)10-18(22-17)19(24)21-7-6-13-2-4-14(11-23)5-3-13/h2-5,8-10,22-23H,6-7,11H2,1H3,(H,21,24). The molecule has 1 amide bonds. The maximum Gasteiger partial charge on any atom is 0.267 e. The number of nitrogens with one attached hydrogen (secondary N) is 2. The highest BCUT2D eigenvalue weighted by atomic mass is 19.1. The molecule has 1 aromatic heterocycles. The second-order valence-electron chi connectivity index (χ2n) is 5.85. The van der Waals surface area contributed by atoms with Gasteiger partial charge in [-0.15, -0.1) is 0 Å². The van der Waals surface area contributed by atoms with Gasteiger partial charge < -0.3 is 15.4 Å². The van der Waals surface area contributed by atoms with Gasteiger partial charge in [-0.05, 0) is 48.2 Å². The number of aliphatic hydroxyl groups is 1. The van der Waals surface area contributed by atoms with E-state index in [1.807, 2.05) is 31.2 Å². The van der Waals surface area contributed by atoms with Gasteiger partial charge in [-0.25, -0.2) is 4.39 Å². The maximum absolute atomic E-state index is 13.4. The first kappa shape index (κ1) is 16.2. The quantitative estimate of drug-likeness (QED) is 0.674. The Morgan fingerprint density at radius 2 is 1.88 bits per heavy atom. The lowest BCUT2D eigenvalue weighted by atomic mass is 10.1. The van der Waals surface area contributed by atoms with Crippen LogP contribution in [0.4, 0.5) is 4.39 Å². The summed E-state index contributed by atoms with van der Waals surface area (Å²) in [4.78, 5) is 15.2. The summed E-state index contributed by atoms with van der Waals surface area (Å²) in [7, 11) is 0. The van der Waals surface area contributed by atoms with Crippen LogP contribution in [0.1, 0.15) is 27.2 Å². The fourth-order valence-corrected chi connectivity index (χ4v) is 2.72. The zero-order valence-electron chi connectivity index (χ0n) is 13.4. The summed E-state index contributed by atoms with van der Waals surface area (Å²) in [5.74, 6) is -0.530. The monoisotopic (exact) mass is 326 g/mol. The average molecular weight is 326 g/mol. The number of rotatable bonds is 5. The Hall–Kier alpha value is -2.66. The number of carbonyl (C=O) groups excluding carboxylic acids is 1. The number of aromatic nitrogens is 1. The Balaban J connectivity index is 1.63. The van der Waals surface area contributed by atoms with E-state index >= 15 is 0 Å². The summed E-state index contributed by atoms with van der Waals surface area (Å²) in [6.07, 6.45) is 0.700. The van der Waals surface area contributed by atoms with E-state index < -0.39 is 0 Å². The number of aliphatic hydroxyl groups excluding tert-OH is 1. The molecule has 24 heavy (non-hydrogen) atoms. The molecule has 2 aromatic carbocycles. The first-order chi connectivity index (χ1) is 11.6. The second-order valence-corrected chi connectivity index (χ2v) is 5.85. The van der Waals surface area contributed by atoms with Crippen LogP contribution in [0.25, 0.3) is 10.9 Å². The van der Waals surface area contributed by atoms with Crippen molar-refractivity contribution in [3.8, 4) is 0 Å². The van der Waals surface area contributed by atoms with E-state index in [0.29, 0.717) is 24.2 Å². The number of carbonyl (C=O) groups is 1. The Kier molecular flexibility index (Phi) is 4.62. The molecule has 0 aliphatic heterocycles. The van der Waals surface area contributed by atoms with Crippen molar-refractivity contribution >= 4 is 16.8 Å². The van der Waals surface area contributed by atoms with Crippen LogP contribution >= 0.6 is 0 Å². The highest BCUT2D eigenvalue weighted by Crippen LogP contribution is 2.21. The van der Waals surface area contributed by atoms with Crippen LogP contribution in [-0.2, 0) is 13.0 Å². The van der Waals surface area contributed by atoms with Crippen molar-refractivity contribution < 1.29 is 14.3 Å². The van der Waals surface area contributed by atoms with Crippen molar-refractivity contribution in [3.05, 3.63) is 70.7 Å². The molecule has 0 atom stereocenters. The summed E-state index contributed by atoms with van der Waals surface area (Å²) < 4.78 is 13.4. The van der Waals surface area contributed by atoms with Crippen molar-refractivity contribution in [1.82, 2.24) is 10.3 Å². The summed E-state index contributed by atoms with van der Waals surface area (Å²) in [5, 5.41) is 12.7. The van der Waals surface area contributed by atoms with E-state index in [4.69, 9.17) is 5.11 Å². The first-order valence-corrected chi connectivity index (χ1v) is 7.82. The average Bonchev–Trinajstić information content (AvgIpc) is 3.00. The van der Waals surface area contributed by atoms with Crippen LogP contribution in [0.2, 0.25) is 0 Å². The highest BCUT2D eigenvalue weighted by Gasteiger charge is 2.11. The van der Waals surface area contributed by atoms with E-state index in [0.717, 1.165) is 22.1 Å². The third-order valence-electron chi connectivity index (χ3n) is 4.06. The molecule has 4 nitrogen and oxygen atoms in total. The summed E-state index contributed by atoms with van der Waals surface area (Å²) in [6.45, 7) is 2.34. The lowest BCUT2D eigenvalue weighted by Crippen LogP contribution is -2.25. The summed E-state index contributed by atoms with van der Waals surface area (Å²) in [6, 6.07) is 12.2. The number of benzene rings is 2. The molecule has 0 spiro atoms. The van der Waals surface area contributed by atoms with E-state index in [-0.39, 0.29) is 18.3 Å². The van der Waals surface area contributed by atoms with Crippen LogP contribution in [0.5, 0.6) is 0 Å². The maximum atomic E-state index is 13.4. The van der Waals surface area contributed by atoms with Gasteiger partial charge in [-0.3, -0.25) is 4.79 Å². The van der Waals surface area contributed by atoms with Gasteiger partial charge in [0.2, 0.25) is 0 Å². The zero-order chi connectivity index (χ0) is 17.1. The van der Waals surface area contributed by atoms with Gasteiger partial charge in [-0.1, -0.05) is 24.3 Å². The second kappa shape index (κ2) is 6.84. The SMILES string of the molecule is Cc1cc(F)cc2[nH]c(C(=O)NCCc3ccc(CO)cc3)cc12. The Morgan fingerprint density at radius 1 is 1.17 bits per heavy atom. The lowest BCUT2D eigenvalue weighted by molar-refractivity contribution is 0.0950. The molecule has 0 aliphatic carbocycles. The minimum atomic E-state index is -0.319. The number of hydrogen-bond acceptors (Lipinski definition) is 2. The normalized spacial score (nSPS) is 11.0. The molecule has 0 saturated carbocycles. The lowest BCUT2D eigenvalue weighted by Gasteiger charge is -2.05. The van der Waals surface area contributed by atoms with E-state index in [2.05, 4.69) is 10.3 Å². The summed E-state index contributed by atoms with van der Waals surface area (Å²) >= 11 is 0. The van der Waals surface area contributed by atoms with Crippen molar-refractivity contribution in [2.24, 2.45) is 0 Å². The fourth-order valence-electron chi connectivity index (χ4n) is 2.72. The molecule has 0 radical (unpaired) electrons. The third-order valence-corrected chi connectivity index (χ3v) is 4.06. The molecule has 0 bridgehead atoms. The third kappa shape index (κ3) is 3.46. The van der Waals surface area contributed by atoms with Crippen molar-refractivity contribution in [2.75, 3.05) is 6.54 Å². The number of hydrogen-bond donors (Lipinski definition) is 3. The molecule has 3 N–H and O–H groups in total. The van der Waals surface area contributed by atoms with Gasteiger partial charge in [0.05, 0.1) is 6.61 Å². The van der Waals surface area contributed by atoms with Gasteiger partial charge in [0.1, 0.15) is 11.5 Å². The summed E-state index contributed by atoms with van der Waals surface area (Å²) in [5.41, 5.74) is 3.79. The molecule has 1 heterocycles. The minimum Gasteiger partial charge on any atom is -0.392 e. The van der Waals surface area contributed by atoms with Gasteiger partial charge in [0.15, 0.2) is 0 Å². The van der Waals surface area contributed by atoms with Crippen molar-refractivity contribution in [1.29, 1.82) is 0 Å². The van der Waals surface area contributed by atoms with Gasteiger partial charge >= 0.3 is 0 Å². The van der Waals surface area contributed by atoms with E-state index in [9.17, 15) is 9.18 Å². The molecule has 0 saturated heterocycles. The highest BCUT2D eigenvalue weighted by molar-refractivity contribution is 5.98. The van der Waals surface area contributed by atoms with E-state index in [1.54, 1.807) is 6.07 Å². The van der Waals surface area contributed by atoms with Gasteiger partial charge in [0.25, 0.3) is 5.91 Å². The van der Waals surface area contributed by atoms with Crippen LogP contribution < -0.4 is 5.32 Å². The fraction of sp³-hybridized carbons (Fsp3) is 0.211. The Morgan fingerprint density at radius 3 is 2.58 bits per heavy atom. The topological polar surface area (TPSA) is 65.1 Å². The first-order valence-electron chi connectivity index (χ1n) is 7.82. The predicted molar refractivity (Wildman–Crippen MR) is 91.4 cm³/mol. The molecule has 0 unspecified atom stereocenters. The molecule has 3 rings (SSSR count). The zero-order valence-corrected chi connectivity index (χ0v) is 13.4. The number of aryl methyl sites for hydroxylation is 1. The smallest absolute Gasteiger partial charge is 0.267 e. The largest absolute Gasteiger partial charge is 0.392 e. The number of aromatic amines is 1. The minimum absolute atomic E-state index is 0.0252. The van der Waals surface area contributed by atoms with Gasteiger partial charge in [-0.2, -0.15) is 0 Å². The molecule has 5 heteroatoms. The Bertz CT molecular complexity index is 869. The van der Waals surface area contributed by atoms with Crippen LogP contribution in [0, 0.1) is 12.7 Å². The molecule has 3 aromatic rings. The molecular formula is C19H19FN2O2. The number of amides is 1. The molecular weight excluding hydrogens is 307 g/mol. The van der Waals surface area contributed by atoms with Gasteiger partial charge in [0, 0.05) is 17.4 Å². The van der Waals surface area contributed by atoms with Crippen molar-refractivity contribution in [2.45, 2.75) is 20.0 Å². The predicted octanol–water partition coefficient (Wildman–Crippen LogP) is 3.08. The molecule has 0 aliphatic rings. The number of halogens is 1. The number of fused-ring (bicyclic) bond motifs is 1. The van der Waals surface area contributed by atoms with E-state index in [1.165, 1.54) is 12.1 Å². The van der Waals surface area contributed by atoms with Crippen molar-refractivity contribution in [3.63, 3.8) is 0 Å². The van der Waals surface area contributed by atoms with Crippen LogP contribution in [0.3, 0.4) is 0 Å². The molecule has 124 valence electrons. The van der Waals surface area contributed by atoms with Crippen LogP contribution in [0.15, 0.2) is 42.5 Å².